The summed E-state index contributed by atoms with van der Waals surface area (Å²) in [6, 6.07) is 4.78. The van der Waals surface area contributed by atoms with E-state index in [0.29, 0.717) is 24.6 Å². The molecule has 4 nitrogen and oxygen atoms in total. The van der Waals surface area contributed by atoms with Crippen molar-refractivity contribution in [1.29, 1.82) is 0 Å². The summed E-state index contributed by atoms with van der Waals surface area (Å²) in [4.78, 5) is 10.8. The van der Waals surface area contributed by atoms with Crippen molar-refractivity contribution >= 4 is 41.3 Å². The number of aliphatic imine (C=N–C) groups is 1. The SMILES string of the molecule is CCNC(=NCC#Cc1ccc(C(F)(F)F)cc1)N(C)Cc1csc(C)n1.I. The number of alkyl halides is 3. The number of hydrogen-bond acceptors (Lipinski definition) is 3. The third kappa shape index (κ3) is 7.67. The van der Waals surface area contributed by atoms with E-state index in [1.165, 1.54) is 12.1 Å². The average molecular weight is 522 g/mol. The molecule has 28 heavy (non-hydrogen) atoms. The number of rotatable bonds is 4. The Hall–Kier alpha value is -1.80. The van der Waals surface area contributed by atoms with Crippen molar-refractivity contribution < 1.29 is 13.2 Å². The minimum absolute atomic E-state index is 0. The first-order chi connectivity index (χ1) is 12.8. The van der Waals surface area contributed by atoms with Gasteiger partial charge in [0.15, 0.2) is 5.96 Å². The maximum Gasteiger partial charge on any atom is 0.416 e. The van der Waals surface area contributed by atoms with Crippen molar-refractivity contribution in [2.24, 2.45) is 4.99 Å². The van der Waals surface area contributed by atoms with Crippen LogP contribution in [0.2, 0.25) is 0 Å². The van der Waals surface area contributed by atoms with E-state index in [9.17, 15) is 13.2 Å². The number of aromatic nitrogens is 1. The smallest absolute Gasteiger partial charge is 0.356 e. The molecule has 0 atom stereocenters. The van der Waals surface area contributed by atoms with Crippen LogP contribution in [0.1, 0.15) is 28.8 Å². The molecule has 0 amide bonds. The fourth-order valence-corrected chi connectivity index (χ4v) is 2.87. The van der Waals surface area contributed by atoms with Crippen molar-refractivity contribution in [3.63, 3.8) is 0 Å². The lowest BCUT2D eigenvalue weighted by atomic mass is 10.1. The lowest BCUT2D eigenvalue weighted by Gasteiger charge is -2.20. The molecule has 9 heteroatoms. The predicted molar refractivity (Wildman–Crippen MR) is 118 cm³/mol. The van der Waals surface area contributed by atoms with Gasteiger partial charge in [-0.3, -0.25) is 0 Å². The Balaban J connectivity index is 0.00000392. The van der Waals surface area contributed by atoms with Gasteiger partial charge in [-0.25, -0.2) is 9.98 Å². The molecule has 2 aromatic rings. The van der Waals surface area contributed by atoms with Crippen LogP contribution in [0.3, 0.4) is 0 Å². The van der Waals surface area contributed by atoms with Crippen LogP contribution in [0.4, 0.5) is 13.2 Å². The van der Waals surface area contributed by atoms with E-state index >= 15 is 0 Å². The van der Waals surface area contributed by atoms with Crippen LogP contribution in [0.25, 0.3) is 0 Å². The van der Waals surface area contributed by atoms with Crippen LogP contribution in [-0.2, 0) is 12.7 Å². The van der Waals surface area contributed by atoms with E-state index in [-0.39, 0.29) is 30.5 Å². The zero-order valence-corrected chi connectivity index (χ0v) is 18.9. The van der Waals surface area contributed by atoms with E-state index in [1.807, 2.05) is 31.2 Å². The molecule has 2 rings (SSSR count). The maximum atomic E-state index is 12.6. The zero-order valence-electron chi connectivity index (χ0n) is 15.8. The van der Waals surface area contributed by atoms with Gasteiger partial charge in [0.1, 0.15) is 6.54 Å². The Kier molecular flexibility index (Phi) is 9.75. The van der Waals surface area contributed by atoms with E-state index < -0.39 is 11.7 Å². The highest BCUT2D eigenvalue weighted by Gasteiger charge is 2.29. The molecule has 0 aliphatic carbocycles. The van der Waals surface area contributed by atoms with Gasteiger partial charge in [-0.2, -0.15) is 13.2 Å². The topological polar surface area (TPSA) is 40.5 Å². The molecule has 1 aromatic heterocycles. The Morgan fingerprint density at radius 1 is 1.29 bits per heavy atom. The molecule has 0 saturated heterocycles. The standard InChI is InChI=1S/C19H21F3N4S.HI/c1-4-23-18(26(3)12-17-13-27-14(2)25-17)24-11-5-6-15-7-9-16(10-8-15)19(20,21)22;/h7-10,13H,4,11-12H2,1-3H3,(H,23,24);1H. The molecule has 1 N–H and O–H groups in total. The van der Waals surface area contributed by atoms with Crippen LogP contribution in [0.5, 0.6) is 0 Å². The number of halogens is 4. The molecule has 152 valence electrons. The van der Waals surface area contributed by atoms with Crippen LogP contribution >= 0.6 is 35.3 Å². The second-order valence-corrected chi connectivity index (χ2v) is 6.82. The monoisotopic (exact) mass is 522 g/mol. The molecule has 0 saturated carbocycles. The molecule has 0 aliphatic rings. The number of nitrogens with zero attached hydrogens (tertiary/aromatic N) is 3. The second-order valence-electron chi connectivity index (χ2n) is 5.76. The lowest BCUT2D eigenvalue weighted by molar-refractivity contribution is -0.137. The number of benzene rings is 1. The number of guanidine groups is 1. The fourth-order valence-electron chi connectivity index (χ4n) is 2.27. The molecule has 1 heterocycles. The minimum atomic E-state index is -4.34. The van der Waals surface area contributed by atoms with Gasteiger partial charge in [0.05, 0.1) is 22.8 Å². The number of aryl methyl sites for hydroxylation is 1. The predicted octanol–water partition coefficient (Wildman–Crippen LogP) is 4.54. The quantitative estimate of drug-likeness (QED) is 0.278. The number of nitrogens with one attached hydrogen (secondary N) is 1. The summed E-state index contributed by atoms with van der Waals surface area (Å²) in [5.74, 6) is 6.40. The normalized spacial score (nSPS) is 11.3. The first-order valence-electron chi connectivity index (χ1n) is 8.36. The summed E-state index contributed by atoms with van der Waals surface area (Å²) in [6.45, 7) is 5.52. The third-order valence-electron chi connectivity index (χ3n) is 3.52. The van der Waals surface area contributed by atoms with Gasteiger partial charge in [-0.15, -0.1) is 35.3 Å². The van der Waals surface area contributed by atoms with Crippen molar-refractivity contribution in [3.05, 3.63) is 51.5 Å². The summed E-state index contributed by atoms with van der Waals surface area (Å²) < 4.78 is 37.7. The Morgan fingerprint density at radius 3 is 2.50 bits per heavy atom. The van der Waals surface area contributed by atoms with E-state index in [0.717, 1.165) is 22.8 Å². The Morgan fingerprint density at radius 2 is 1.96 bits per heavy atom. The van der Waals surface area contributed by atoms with Crippen LogP contribution in [0, 0.1) is 18.8 Å². The van der Waals surface area contributed by atoms with Crippen LogP contribution in [0.15, 0.2) is 34.6 Å². The molecular weight excluding hydrogens is 500 g/mol. The summed E-state index contributed by atoms with van der Waals surface area (Å²) in [5, 5.41) is 6.22. The molecule has 0 aliphatic heterocycles. The zero-order chi connectivity index (χ0) is 19.9. The number of hydrogen-bond donors (Lipinski definition) is 1. The van der Waals surface area contributed by atoms with Gasteiger partial charge in [0.2, 0.25) is 0 Å². The highest BCUT2D eigenvalue weighted by atomic mass is 127. The lowest BCUT2D eigenvalue weighted by Crippen LogP contribution is -2.38. The van der Waals surface area contributed by atoms with Crippen molar-refractivity contribution in [2.75, 3.05) is 20.1 Å². The first-order valence-corrected chi connectivity index (χ1v) is 9.24. The van der Waals surface area contributed by atoms with Gasteiger partial charge < -0.3 is 10.2 Å². The minimum Gasteiger partial charge on any atom is -0.356 e. The second kappa shape index (κ2) is 11.3. The first kappa shape index (κ1) is 24.2. The summed E-state index contributed by atoms with van der Waals surface area (Å²) in [5.41, 5.74) is 0.815. The summed E-state index contributed by atoms with van der Waals surface area (Å²) in [6.07, 6.45) is -4.34. The summed E-state index contributed by atoms with van der Waals surface area (Å²) in [7, 11) is 1.92. The maximum absolute atomic E-state index is 12.6. The van der Waals surface area contributed by atoms with Crippen molar-refractivity contribution in [3.8, 4) is 11.8 Å². The highest BCUT2D eigenvalue weighted by Crippen LogP contribution is 2.28. The Bertz CT molecular complexity index is 835. The van der Waals surface area contributed by atoms with Gasteiger partial charge in [-0.1, -0.05) is 11.8 Å². The van der Waals surface area contributed by atoms with Gasteiger partial charge in [-0.05, 0) is 38.1 Å². The Labute approximate surface area is 184 Å². The fraction of sp³-hybridized carbons (Fsp3) is 0.368. The van der Waals surface area contributed by atoms with Crippen molar-refractivity contribution in [1.82, 2.24) is 15.2 Å². The largest absolute Gasteiger partial charge is 0.416 e. The average Bonchev–Trinajstić information content (AvgIpc) is 3.02. The molecule has 0 radical (unpaired) electrons. The molecule has 0 fully saturated rings. The van der Waals surface area contributed by atoms with E-state index in [2.05, 4.69) is 27.1 Å². The molecular formula is C19H22F3IN4S. The molecule has 0 spiro atoms. The molecule has 1 aromatic carbocycles. The molecule has 0 unspecified atom stereocenters. The van der Waals surface area contributed by atoms with Gasteiger partial charge in [0, 0.05) is 24.5 Å². The van der Waals surface area contributed by atoms with Crippen molar-refractivity contribution in [2.45, 2.75) is 26.6 Å². The van der Waals surface area contributed by atoms with E-state index in [4.69, 9.17) is 0 Å². The molecule has 0 bridgehead atoms. The van der Waals surface area contributed by atoms with Crippen LogP contribution < -0.4 is 5.32 Å². The highest BCUT2D eigenvalue weighted by molar-refractivity contribution is 14.0. The van der Waals surface area contributed by atoms with Crippen LogP contribution in [-0.4, -0.2) is 36.0 Å². The van der Waals surface area contributed by atoms with Gasteiger partial charge >= 0.3 is 6.18 Å². The number of thiazole rings is 1. The van der Waals surface area contributed by atoms with Gasteiger partial charge in [0.25, 0.3) is 0 Å². The summed E-state index contributed by atoms with van der Waals surface area (Å²) >= 11 is 1.60. The third-order valence-corrected chi connectivity index (χ3v) is 4.34. The van der Waals surface area contributed by atoms with E-state index in [1.54, 1.807) is 11.3 Å².